The Morgan fingerprint density at radius 3 is 2.85 bits per heavy atom. The molecule has 8 heteroatoms. The second-order valence-electron chi connectivity index (χ2n) is 5.98. The molecule has 1 fully saturated rings. The van der Waals surface area contributed by atoms with E-state index in [2.05, 4.69) is 5.32 Å². The minimum Gasteiger partial charge on any atom is -0.493 e. The minimum absolute atomic E-state index is 0.125. The summed E-state index contributed by atoms with van der Waals surface area (Å²) in [6.07, 6.45) is 0. The highest BCUT2D eigenvalue weighted by Gasteiger charge is 2.50. The van der Waals surface area contributed by atoms with Crippen molar-refractivity contribution in [2.75, 3.05) is 20.0 Å². The molecule has 0 saturated carbocycles. The van der Waals surface area contributed by atoms with Gasteiger partial charge in [-0.25, -0.2) is 0 Å². The summed E-state index contributed by atoms with van der Waals surface area (Å²) in [6, 6.07) is 7.14. The zero-order valence-electron chi connectivity index (χ0n) is 14.4. The molecule has 4 rings (SSSR count). The number of rotatable bonds is 5. The Hall–Kier alpha value is -2.19. The van der Waals surface area contributed by atoms with Gasteiger partial charge >= 0.3 is 0 Å². The van der Waals surface area contributed by atoms with E-state index in [1.54, 1.807) is 41.2 Å². The van der Waals surface area contributed by atoms with Gasteiger partial charge in [-0.2, -0.15) is 0 Å². The number of hydrogen-bond acceptors (Lipinski definition) is 6. The third-order valence-corrected chi connectivity index (χ3v) is 6.79. The van der Waals surface area contributed by atoms with Crippen LogP contribution in [-0.2, 0) is 11.3 Å². The summed E-state index contributed by atoms with van der Waals surface area (Å²) in [4.78, 5) is 28.5. The lowest BCUT2D eigenvalue weighted by Gasteiger charge is -2.22. The van der Waals surface area contributed by atoms with Gasteiger partial charge in [0.05, 0.1) is 26.3 Å². The molecule has 2 aliphatic rings. The van der Waals surface area contributed by atoms with E-state index >= 15 is 0 Å². The van der Waals surface area contributed by atoms with E-state index in [0.29, 0.717) is 29.4 Å². The summed E-state index contributed by atoms with van der Waals surface area (Å²) in [7, 11) is 3.06. The van der Waals surface area contributed by atoms with Crippen molar-refractivity contribution in [2.45, 2.75) is 18.0 Å². The van der Waals surface area contributed by atoms with Crippen molar-refractivity contribution in [3.05, 3.63) is 45.6 Å². The molecule has 2 amide bonds. The maximum atomic E-state index is 13.1. The van der Waals surface area contributed by atoms with Gasteiger partial charge in [0.25, 0.3) is 5.91 Å². The van der Waals surface area contributed by atoms with Crippen molar-refractivity contribution in [3.8, 4) is 11.5 Å². The van der Waals surface area contributed by atoms with E-state index in [4.69, 9.17) is 9.47 Å². The highest BCUT2D eigenvalue weighted by atomic mass is 32.2. The van der Waals surface area contributed by atoms with Gasteiger partial charge in [-0.3, -0.25) is 9.59 Å². The number of carbonyl (C=O) groups excluding carboxylic acids is 2. The lowest BCUT2D eigenvalue weighted by atomic mass is 10.1. The number of methoxy groups -OCH3 is 2. The van der Waals surface area contributed by atoms with E-state index in [-0.39, 0.29) is 17.2 Å². The topological polar surface area (TPSA) is 67.9 Å². The Bertz CT molecular complexity index is 853. The number of nitrogens with one attached hydrogen (secondary N) is 1. The van der Waals surface area contributed by atoms with Crippen LogP contribution in [-0.4, -0.2) is 42.7 Å². The summed E-state index contributed by atoms with van der Waals surface area (Å²) in [5.74, 6) is 1.23. The molecule has 0 bridgehead atoms. The smallest absolute Gasteiger partial charge is 0.260 e. The maximum Gasteiger partial charge on any atom is 0.260 e. The van der Waals surface area contributed by atoms with Crippen LogP contribution in [0.15, 0.2) is 29.6 Å². The fourth-order valence-electron chi connectivity index (χ4n) is 3.40. The highest BCUT2D eigenvalue weighted by Crippen LogP contribution is 2.52. The second-order valence-corrected chi connectivity index (χ2v) is 8.12. The normalized spacial score (nSPS) is 20.7. The van der Waals surface area contributed by atoms with Gasteiger partial charge in [-0.1, -0.05) is 12.1 Å². The van der Waals surface area contributed by atoms with Crippen LogP contribution in [0.3, 0.4) is 0 Å². The van der Waals surface area contributed by atoms with Crippen molar-refractivity contribution in [1.82, 2.24) is 10.2 Å². The van der Waals surface area contributed by atoms with Crippen LogP contribution in [0.1, 0.15) is 26.2 Å². The van der Waals surface area contributed by atoms with Crippen molar-refractivity contribution in [1.29, 1.82) is 0 Å². The van der Waals surface area contributed by atoms with Gasteiger partial charge in [0.15, 0.2) is 11.5 Å². The molecule has 1 N–H and O–H groups in total. The van der Waals surface area contributed by atoms with Crippen molar-refractivity contribution in [2.24, 2.45) is 0 Å². The number of carbonyl (C=O) groups is 2. The predicted octanol–water partition coefficient (Wildman–Crippen LogP) is 2.65. The molecular formula is C18H18N2O4S2. The fourth-order valence-corrected chi connectivity index (χ4v) is 5.50. The molecule has 6 nitrogen and oxygen atoms in total. The number of thioether (sulfide) groups is 1. The Morgan fingerprint density at radius 1 is 1.31 bits per heavy atom. The van der Waals surface area contributed by atoms with Crippen LogP contribution < -0.4 is 14.8 Å². The summed E-state index contributed by atoms with van der Waals surface area (Å²) in [6.45, 7) is 0.481. The first-order valence-electron chi connectivity index (χ1n) is 8.15. The molecule has 1 saturated heterocycles. The predicted molar refractivity (Wildman–Crippen MR) is 101 cm³/mol. The van der Waals surface area contributed by atoms with Crippen LogP contribution in [0.2, 0.25) is 0 Å². The zero-order valence-corrected chi connectivity index (χ0v) is 16.0. The van der Waals surface area contributed by atoms with E-state index in [1.165, 1.54) is 7.11 Å². The van der Waals surface area contributed by atoms with Gasteiger partial charge in [-0.05, 0) is 17.5 Å². The van der Waals surface area contributed by atoms with Gasteiger partial charge < -0.3 is 19.7 Å². The van der Waals surface area contributed by atoms with Crippen LogP contribution >= 0.6 is 23.1 Å². The Balaban J connectivity index is 1.58. The Labute approximate surface area is 159 Å². The quantitative estimate of drug-likeness (QED) is 0.850. The Kier molecular flexibility index (Phi) is 4.54. The van der Waals surface area contributed by atoms with Crippen LogP contribution in [0.25, 0.3) is 0 Å². The van der Waals surface area contributed by atoms with Crippen LogP contribution in [0.4, 0.5) is 0 Å². The second kappa shape index (κ2) is 6.85. The first-order chi connectivity index (χ1) is 12.7. The van der Waals surface area contributed by atoms with E-state index in [1.807, 2.05) is 23.6 Å². The number of benzene rings is 1. The highest BCUT2D eigenvalue weighted by molar-refractivity contribution is 7.99. The number of nitrogens with zero attached hydrogens (tertiary/aromatic N) is 1. The van der Waals surface area contributed by atoms with Gasteiger partial charge in [0.2, 0.25) is 5.91 Å². The third-order valence-electron chi connectivity index (χ3n) is 4.61. The summed E-state index contributed by atoms with van der Waals surface area (Å²) < 4.78 is 10.7. The molecule has 2 atom stereocenters. The standard InChI is InChI=1S/C18H18N2O4S2/c1-23-13-6-5-11-14(15(13)24-2)17(22)20-12(9-26-18(11)20)16(21)19-8-10-4-3-7-25-10/h3-7,12,18H,8-9H2,1-2H3,(H,19,21)/t12-,18-/m0/s1. The molecule has 2 aromatic rings. The molecular weight excluding hydrogens is 372 g/mol. The minimum atomic E-state index is -0.486. The average Bonchev–Trinajstić information content (AvgIpc) is 3.37. The number of ether oxygens (including phenoxy) is 2. The number of thiophene rings is 1. The molecule has 0 aliphatic carbocycles. The molecule has 0 unspecified atom stereocenters. The number of fused-ring (bicyclic) bond motifs is 3. The zero-order chi connectivity index (χ0) is 18.3. The third kappa shape index (κ3) is 2.64. The average molecular weight is 390 g/mol. The van der Waals surface area contributed by atoms with E-state index in [9.17, 15) is 9.59 Å². The van der Waals surface area contributed by atoms with Crippen LogP contribution in [0, 0.1) is 0 Å². The van der Waals surface area contributed by atoms with E-state index < -0.39 is 6.04 Å². The molecule has 3 heterocycles. The largest absolute Gasteiger partial charge is 0.493 e. The van der Waals surface area contributed by atoms with Crippen molar-refractivity contribution < 1.29 is 19.1 Å². The van der Waals surface area contributed by atoms with Crippen molar-refractivity contribution in [3.63, 3.8) is 0 Å². The first-order valence-corrected chi connectivity index (χ1v) is 10.1. The summed E-state index contributed by atoms with van der Waals surface area (Å²) in [5, 5.41) is 4.76. The molecule has 0 radical (unpaired) electrons. The lowest BCUT2D eigenvalue weighted by Crippen LogP contribution is -2.45. The maximum absolute atomic E-state index is 13.1. The molecule has 2 aliphatic heterocycles. The van der Waals surface area contributed by atoms with E-state index in [0.717, 1.165) is 10.4 Å². The molecule has 26 heavy (non-hydrogen) atoms. The molecule has 1 aromatic carbocycles. The van der Waals surface area contributed by atoms with Gasteiger partial charge in [0, 0.05) is 16.2 Å². The van der Waals surface area contributed by atoms with Crippen LogP contribution in [0.5, 0.6) is 11.5 Å². The molecule has 0 spiro atoms. The lowest BCUT2D eigenvalue weighted by molar-refractivity contribution is -0.124. The number of hydrogen-bond donors (Lipinski definition) is 1. The summed E-state index contributed by atoms with van der Waals surface area (Å²) in [5.41, 5.74) is 1.38. The first kappa shape index (κ1) is 17.2. The summed E-state index contributed by atoms with van der Waals surface area (Å²) >= 11 is 3.20. The molecule has 1 aromatic heterocycles. The van der Waals surface area contributed by atoms with Gasteiger partial charge in [0.1, 0.15) is 11.4 Å². The Morgan fingerprint density at radius 2 is 2.15 bits per heavy atom. The van der Waals surface area contributed by atoms with Crippen molar-refractivity contribution >= 4 is 34.9 Å². The SMILES string of the molecule is COc1ccc2c(c1OC)C(=O)N1[C@H](C(=O)NCc3cccs3)CS[C@@H]21. The fraction of sp³-hybridized carbons (Fsp3) is 0.333. The van der Waals surface area contributed by atoms with Gasteiger partial charge in [-0.15, -0.1) is 23.1 Å². The number of amides is 2. The molecule has 136 valence electrons. The monoisotopic (exact) mass is 390 g/mol.